The maximum Gasteiger partial charge on any atom is 0.240 e. The van der Waals surface area contributed by atoms with Crippen molar-refractivity contribution < 1.29 is 17.5 Å². The molecule has 0 aromatic heterocycles. The molecule has 8 heteroatoms. The lowest BCUT2D eigenvalue weighted by Gasteiger charge is -2.25. The fraction of sp³-hybridized carbons (Fsp3) is 0.294. The number of likely N-dealkylation sites (N-methyl/N-ethyl adjacent to an activating group) is 1. The van der Waals surface area contributed by atoms with Crippen LogP contribution in [0.15, 0.2) is 51.8 Å². The van der Waals surface area contributed by atoms with Crippen LogP contribution in [-0.4, -0.2) is 41.1 Å². The standard InChI is InChI=1S/C17H20BrFN2O3S/c1-21(2)16(12-4-6-13(19)7-5-12)11-20-25(22,23)14-8-9-17(24-3)15(18)10-14/h4-10,16,20H,11H2,1-3H3. The Kier molecular flexibility index (Phi) is 6.56. The summed E-state index contributed by atoms with van der Waals surface area (Å²) in [6.07, 6.45) is 0. The molecule has 0 aliphatic heterocycles. The first-order valence-electron chi connectivity index (χ1n) is 7.49. The second kappa shape index (κ2) is 8.27. The van der Waals surface area contributed by atoms with E-state index in [-0.39, 0.29) is 23.3 Å². The van der Waals surface area contributed by atoms with E-state index in [0.717, 1.165) is 5.56 Å². The number of nitrogens with zero attached hydrogens (tertiary/aromatic N) is 1. The van der Waals surface area contributed by atoms with E-state index >= 15 is 0 Å². The molecule has 0 heterocycles. The predicted octanol–water partition coefficient (Wildman–Crippen LogP) is 3.18. The molecule has 1 atom stereocenters. The Hall–Kier alpha value is -1.48. The molecule has 0 aliphatic carbocycles. The van der Waals surface area contributed by atoms with E-state index < -0.39 is 10.0 Å². The maximum atomic E-state index is 13.1. The Bertz CT molecular complexity index is 826. The molecule has 0 spiro atoms. The molecule has 0 radical (unpaired) electrons. The first-order valence-corrected chi connectivity index (χ1v) is 9.77. The summed E-state index contributed by atoms with van der Waals surface area (Å²) in [5.41, 5.74) is 0.824. The van der Waals surface area contributed by atoms with Crippen molar-refractivity contribution in [1.82, 2.24) is 9.62 Å². The van der Waals surface area contributed by atoms with Gasteiger partial charge in [-0.1, -0.05) is 12.1 Å². The molecule has 0 bridgehead atoms. The minimum absolute atomic E-state index is 0.136. The Balaban J connectivity index is 2.18. The number of halogens is 2. The van der Waals surface area contributed by atoms with Crippen molar-refractivity contribution in [3.8, 4) is 5.75 Å². The van der Waals surface area contributed by atoms with Crippen LogP contribution in [0.2, 0.25) is 0 Å². The summed E-state index contributed by atoms with van der Waals surface area (Å²) in [5, 5.41) is 0. The van der Waals surface area contributed by atoms with Gasteiger partial charge >= 0.3 is 0 Å². The lowest BCUT2D eigenvalue weighted by atomic mass is 10.1. The van der Waals surface area contributed by atoms with Crippen molar-refractivity contribution in [2.75, 3.05) is 27.7 Å². The van der Waals surface area contributed by atoms with Gasteiger partial charge in [-0.2, -0.15) is 0 Å². The van der Waals surface area contributed by atoms with E-state index in [9.17, 15) is 12.8 Å². The quantitative estimate of drug-likeness (QED) is 0.732. The van der Waals surface area contributed by atoms with Crippen LogP contribution in [0.4, 0.5) is 4.39 Å². The minimum atomic E-state index is -3.69. The van der Waals surface area contributed by atoms with E-state index in [2.05, 4.69) is 20.7 Å². The van der Waals surface area contributed by atoms with Gasteiger partial charge in [-0.25, -0.2) is 17.5 Å². The van der Waals surface area contributed by atoms with Crippen LogP contribution in [0.1, 0.15) is 11.6 Å². The molecule has 25 heavy (non-hydrogen) atoms. The molecule has 1 N–H and O–H groups in total. The fourth-order valence-corrected chi connectivity index (χ4v) is 4.13. The molecule has 0 aliphatic rings. The first-order chi connectivity index (χ1) is 11.7. The summed E-state index contributed by atoms with van der Waals surface area (Å²) in [6, 6.07) is 10.4. The second-order valence-corrected chi connectivity index (χ2v) is 8.30. The highest BCUT2D eigenvalue weighted by Crippen LogP contribution is 2.27. The van der Waals surface area contributed by atoms with Gasteiger partial charge in [0.05, 0.1) is 16.5 Å². The van der Waals surface area contributed by atoms with E-state index in [1.165, 1.54) is 31.4 Å². The van der Waals surface area contributed by atoms with Crippen LogP contribution < -0.4 is 9.46 Å². The zero-order valence-electron chi connectivity index (χ0n) is 14.2. The van der Waals surface area contributed by atoms with Crippen molar-refractivity contribution in [2.45, 2.75) is 10.9 Å². The zero-order chi connectivity index (χ0) is 18.6. The van der Waals surface area contributed by atoms with Gasteiger partial charge in [-0.3, -0.25) is 0 Å². The molecule has 2 aromatic carbocycles. The predicted molar refractivity (Wildman–Crippen MR) is 98.7 cm³/mol. The maximum absolute atomic E-state index is 13.1. The van der Waals surface area contributed by atoms with Crippen molar-refractivity contribution in [3.63, 3.8) is 0 Å². The van der Waals surface area contributed by atoms with Crippen LogP contribution in [0, 0.1) is 5.82 Å². The van der Waals surface area contributed by atoms with Gasteiger partial charge in [0, 0.05) is 12.6 Å². The molecule has 0 fully saturated rings. The van der Waals surface area contributed by atoms with Crippen molar-refractivity contribution in [2.24, 2.45) is 0 Å². The highest BCUT2D eigenvalue weighted by molar-refractivity contribution is 9.10. The highest BCUT2D eigenvalue weighted by Gasteiger charge is 2.20. The van der Waals surface area contributed by atoms with E-state index in [0.29, 0.717) is 10.2 Å². The van der Waals surface area contributed by atoms with Gasteiger partial charge in [-0.15, -0.1) is 0 Å². The van der Waals surface area contributed by atoms with Gasteiger partial charge in [-0.05, 0) is 65.9 Å². The summed E-state index contributed by atoms with van der Waals surface area (Å²) in [5.74, 6) is 0.223. The van der Waals surface area contributed by atoms with Crippen LogP contribution in [-0.2, 0) is 10.0 Å². The van der Waals surface area contributed by atoms with E-state index in [1.807, 2.05) is 19.0 Å². The lowest BCUT2D eigenvalue weighted by molar-refractivity contribution is 0.299. The Morgan fingerprint density at radius 1 is 1.20 bits per heavy atom. The molecule has 1 unspecified atom stereocenters. The molecule has 5 nitrogen and oxygen atoms in total. The first kappa shape index (κ1) is 19.8. The van der Waals surface area contributed by atoms with Gasteiger partial charge < -0.3 is 9.64 Å². The van der Waals surface area contributed by atoms with Crippen LogP contribution in [0.25, 0.3) is 0 Å². The number of hydrogen-bond acceptors (Lipinski definition) is 4. The zero-order valence-corrected chi connectivity index (χ0v) is 16.6. The van der Waals surface area contributed by atoms with Gasteiger partial charge in [0.15, 0.2) is 0 Å². The van der Waals surface area contributed by atoms with Gasteiger partial charge in [0.25, 0.3) is 0 Å². The number of hydrogen-bond donors (Lipinski definition) is 1. The molecular weight excluding hydrogens is 411 g/mol. The van der Waals surface area contributed by atoms with Crippen molar-refractivity contribution in [3.05, 3.63) is 58.3 Å². The van der Waals surface area contributed by atoms with Crippen LogP contribution >= 0.6 is 15.9 Å². The Morgan fingerprint density at radius 2 is 1.84 bits per heavy atom. The molecule has 0 saturated heterocycles. The summed E-state index contributed by atoms with van der Waals surface area (Å²) < 4.78 is 46.5. The molecule has 136 valence electrons. The van der Waals surface area contributed by atoms with Gasteiger partial charge in [0.2, 0.25) is 10.0 Å². The SMILES string of the molecule is COc1ccc(S(=O)(=O)NCC(c2ccc(F)cc2)N(C)C)cc1Br. The third-order valence-corrected chi connectivity index (χ3v) is 5.82. The second-order valence-electron chi connectivity index (χ2n) is 5.68. The monoisotopic (exact) mass is 430 g/mol. The summed E-state index contributed by atoms with van der Waals surface area (Å²) in [4.78, 5) is 2.01. The highest BCUT2D eigenvalue weighted by atomic mass is 79.9. The fourth-order valence-electron chi connectivity index (χ4n) is 2.37. The number of methoxy groups -OCH3 is 1. The molecular formula is C17H20BrFN2O3S. The molecule has 2 rings (SSSR count). The smallest absolute Gasteiger partial charge is 0.240 e. The minimum Gasteiger partial charge on any atom is -0.496 e. The number of nitrogens with one attached hydrogen (secondary N) is 1. The van der Waals surface area contributed by atoms with Crippen molar-refractivity contribution in [1.29, 1.82) is 0 Å². The van der Waals surface area contributed by atoms with Crippen LogP contribution in [0.5, 0.6) is 5.75 Å². The average molecular weight is 431 g/mol. The largest absolute Gasteiger partial charge is 0.496 e. The normalized spacial score (nSPS) is 13.0. The Morgan fingerprint density at radius 3 is 2.36 bits per heavy atom. The Labute approximate surface area is 156 Å². The molecule has 0 saturated carbocycles. The molecule has 2 aromatic rings. The lowest BCUT2D eigenvalue weighted by Crippen LogP contribution is -2.34. The van der Waals surface area contributed by atoms with E-state index in [4.69, 9.17) is 4.74 Å². The average Bonchev–Trinajstić information content (AvgIpc) is 2.56. The van der Waals surface area contributed by atoms with Gasteiger partial charge in [0.1, 0.15) is 11.6 Å². The summed E-state index contributed by atoms with van der Waals surface area (Å²) >= 11 is 3.29. The molecule has 0 amide bonds. The summed E-state index contributed by atoms with van der Waals surface area (Å²) in [7, 11) is 1.50. The number of rotatable bonds is 7. The van der Waals surface area contributed by atoms with E-state index in [1.54, 1.807) is 18.2 Å². The topological polar surface area (TPSA) is 58.6 Å². The van der Waals surface area contributed by atoms with Crippen molar-refractivity contribution >= 4 is 26.0 Å². The summed E-state index contributed by atoms with van der Waals surface area (Å²) in [6.45, 7) is 0.157. The third kappa shape index (κ3) is 5.01. The number of ether oxygens (including phenoxy) is 1. The number of benzene rings is 2. The third-order valence-electron chi connectivity index (χ3n) is 3.78. The number of sulfonamides is 1. The van der Waals surface area contributed by atoms with Crippen LogP contribution in [0.3, 0.4) is 0 Å².